The molecule has 1 atom stereocenters. The van der Waals surface area contributed by atoms with Crippen molar-refractivity contribution in [1.82, 2.24) is 24.6 Å². The molecule has 29 heavy (non-hydrogen) atoms. The highest BCUT2D eigenvalue weighted by Crippen LogP contribution is 2.17. The van der Waals surface area contributed by atoms with Crippen molar-refractivity contribution in [3.63, 3.8) is 0 Å². The summed E-state index contributed by atoms with van der Waals surface area (Å²) in [4.78, 5) is 29.4. The van der Waals surface area contributed by atoms with Crippen LogP contribution in [0.15, 0.2) is 47.7 Å². The third-order valence-electron chi connectivity index (χ3n) is 4.89. The van der Waals surface area contributed by atoms with Gasteiger partial charge in [0.15, 0.2) is 5.65 Å². The Balaban J connectivity index is 1.56. The predicted molar refractivity (Wildman–Crippen MR) is 114 cm³/mol. The van der Waals surface area contributed by atoms with E-state index in [1.807, 2.05) is 45.9 Å². The van der Waals surface area contributed by atoms with Crippen LogP contribution >= 0.6 is 0 Å². The van der Waals surface area contributed by atoms with Crippen molar-refractivity contribution in [2.45, 2.75) is 65.1 Å². The number of benzene rings is 1. The molecule has 0 aliphatic carbocycles. The van der Waals surface area contributed by atoms with Crippen LogP contribution < -0.4 is 10.9 Å². The first-order valence-corrected chi connectivity index (χ1v) is 10.0. The summed E-state index contributed by atoms with van der Waals surface area (Å²) in [5.74, 6) is -0.0667. The molecule has 1 N–H and O–H groups in total. The number of aryl methyl sites for hydroxylation is 2. The Hall–Kier alpha value is -2.96. The summed E-state index contributed by atoms with van der Waals surface area (Å²) in [6, 6.07) is 10.3. The normalized spacial score (nSPS) is 12.8. The zero-order chi connectivity index (χ0) is 21.0. The van der Waals surface area contributed by atoms with Crippen LogP contribution in [0.2, 0.25) is 0 Å². The molecular weight excluding hydrogens is 366 g/mol. The molecule has 0 aliphatic rings. The SMILES string of the molecule is CC(CCc1ccccc1)NC(=O)CCn1cnc2c(cnn2C(C)(C)C)c1=O. The van der Waals surface area contributed by atoms with Gasteiger partial charge >= 0.3 is 0 Å². The van der Waals surface area contributed by atoms with E-state index in [4.69, 9.17) is 0 Å². The van der Waals surface area contributed by atoms with E-state index in [1.54, 1.807) is 10.9 Å². The van der Waals surface area contributed by atoms with E-state index in [1.165, 1.54) is 16.5 Å². The largest absolute Gasteiger partial charge is 0.354 e. The Bertz CT molecular complexity index is 1030. The summed E-state index contributed by atoms with van der Waals surface area (Å²) in [5, 5.41) is 7.79. The summed E-state index contributed by atoms with van der Waals surface area (Å²) < 4.78 is 3.22. The quantitative estimate of drug-likeness (QED) is 0.667. The van der Waals surface area contributed by atoms with Crippen LogP contribution in [0.5, 0.6) is 0 Å². The molecule has 0 fully saturated rings. The van der Waals surface area contributed by atoms with Gasteiger partial charge in [0.25, 0.3) is 5.56 Å². The molecule has 2 aromatic heterocycles. The second-order valence-electron chi connectivity index (χ2n) is 8.45. The average Bonchev–Trinajstić information content (AvgIpc) is 3.12. The summed E-state index contributed by atoms with van der Waals surface area (Å²) in [6.45, 7) is 8.32. The van der Waals surface area contributed by atoms with E-state index in [0.717, 1.165) is 12.8 Å². The van der Waals surface area contributed by atoms with Gasteiger partial charge in [-0.05, 0) is 46.1 Å². The lowest BCUT2D eigenvalue weighted by atomic mass is 10.1. The van der Waals surface area contributed by atoms with Gasteiger partial charge < -0.3 is 5.32 Å². The van der Waals surface area contributed by atoms with Crippen molar-refractivity contribution in [3.05, 3.63) is 58.8 Å². The molecule has 0 spiro atoms. The van der Waals surface area contributed by atoms with Gasteiger partial charge in [-0.3, -0.25) is 14.2 Å². The Kier molecular flexibility index (Phi) is 6.15. The number of fused-ring (bicyclic) bond motifs is 1. The zero-order valence-electron chi connectivity index (χ0n) is 17.6. The lowest BCUT2D eigenvalue weighted by Gasteiger charge is -2.19. The molecule has 7 nitrogen and oxygen atoms in total. The maximum atomic E-state index is 12.7. The number of amides is 1. The van der Waals surface area contributed by atoms with Crippen LogP contribution in [0.1, 0.15) is 46.1 Å². The summed E-state index contributed by atoms with van der Waals surface area (Å²) in [6.07, 6.45) is 5.07. The lowest BCUT2D eigenvalue weighted by Crippen LogP contribution is -2.34. The molecule has 154 valence electrons. The van der Waals surface area contributed by atoms with Crippen LogP contribution in [0.3, 0.4) is 0 Å². The monoisotopic (exact) mass is 395 g/mol. The van der Waals surface area contributed by atoms with E-state index in [0.29, 0.717) is 17.6 Å². The molecular formula is C22H29N5O2. The Morgan fingerprint density at radius 2 is 1.93 bits per heavy atom. The number of rotatable bonds is 7. The molecule has 1 unspecified atom stereocenters. The maximum absolute atomic E-state index is 12.7. The smallest absolute Gasteiger partial charge is 0.264 e. The molecule has 0 radical (unpaired) electrons. The molecule has 1 aromatic carbocycles. The Morgan fingerprint density at radius 3 is 2.62 bits per heavy atom. The molecule has 3 rings (SSSR count). The molecule has 3 aromatic rings. The number of hydrogen-bond donors (Lipinski definition) is 1. The van der Waals surface area contributed by atoms with Gasteiger partial charge in [-0.2, -0.15) is 5.10 Å². The van der Waals surface area contributed by atoms with Gasteiger partial charge in [0.2, 0.25) is 5.91 Å². The van der Waals surface area contributed by atoms with E-state index < -0.39 is 0 Å². The van der Waals surface area contributed by atoms with Crippen LogP contribution in [0.25, 0.3) is 11.0 Å². The highest BCUT2D eigenvalue weighted by molar-refractivity contribution is 5.76. The molecule has 0 saturated carbocycles. The van der Waals surface area contributed by atoms with Crippen LogP contribution in [-0.4, -0.2) is 31.3 Å². The van der Waals surface area contributed by atoms with Gasteiger partial charge in [0.1, 0.15) is 5.39 Å². The zero-order valence-corrected chi connectivity index (χ0v) is 17.6. The summed E-state index contributed by atoms with van der Waals surface area (Å²) in [7, 11) is 0. The average molecular weight is 396 g/mol. The van der Waals surface area contributed by atoms with Crippen molar-refractivity contribution in [1.29, 1.82) is 0 Å². The van der Waals surface area contributed by atoms with Crippen molar-refractivity contribution >= 4 is 16.9 Å². The maximum Gasteiger partial charge on any atom is 0.264 e. The minimum Gasteiger partial charge on any atom is -0.354 e. The van der Waals surface area contributed by atoms with Crippen molar-refractivity contribution in [2.75, 3.05) is 0 Å². The van der Waals surface area contributed by atoms with Gasteiger partial charge in [0, 0.05) is 19.0 Å². The topological polar surface area (TPSA) is 81.8 Å². The fourth-order valence-corrected chi connectivity index (χ4v) is 3.27. The lowest BCUT2D eigenvalue weighted by molar-refractivity contribution is -0.121. The fourth-order valence-electron chi connectivity index (χ4n) is 3.27. The van der Waals surface area contributed by atoms with Crippen molar-refractivity contribution in [3.8, 4) is 0 Å². The highest BCUT2D eigenvalue weighted by atomic mass is 16.2. The molecule has 0 saturated heterocycles. The van der Waals surface area contributed by atoms with Gasteiger partial charge in [-0.1, -0.05) is 30.3 Å². The summed E-state index contributed by atoms with van der Waals surface area (Å²) in [5.41, 5.74) is 1.40. The fraction of sp³-hybridized carbons (Fsp3) is 0.455. The van der Waals surface area contributed by atoms with Crippen molar-refractivity contribution in [2.24, 2.45) is 0 Å². The highest BCUT2D eigenvalue weighted by Gasteiger charge is 2.19. The van der Waals surface area contributed by atoms with E-state index in [-0.39, 0.29) is 29.5 Å². The standard InChI is InChI=1S/C22H29N5O2/c1-16(10-11-17-8-6-5-7-9-17)25-19(28)12-13-26-15-23-20-18(21(26)29)14-24-27(20)22(2,3)4/h5-9,14-16H,10-13H2,1-4H3,(H,25,28). The molecule has 0 aliphatic heterocycles. The van der Waals surface area contributed by atoms with E-state index >= 15 is 0 Å². The van der Waals surface area contributed by atoms with E-state index in [2.05, 4.69) is 27.5 Å². The third-order valence-corrected chi connectivity index (χ3v) is 4.89. The minimum absolute atomic E-state index is 0.0667. The number of aromatic nitrogens is 4. The number of hydrogen-bond acceptors (Lipinski definition) is 4. The molecule has 1 amide bonds. The van der Waals surface area contributed by atoms with Gasteiger partial charge in [-0.15, -0.1) is 0 Å². The van der Waals surface area contributed by atoms with E-state index in [9.17, 15) is 9.59 Å². The number of carbonyl (C=O) groups is 1. The second-order valence-corrected chi connectivity index (χ2v) is 8.45. The second kappa shape index (κ2) is 8.59. The first kappa shape index (κ1) is 20.8. The molecule has 0 bridgehead atoms. The molecule has 7 heteroatoms. The number of nitrogens with one attached hydrogen (secondary N) is 1. The molecule has 2 heterocycles. The third kappa shape index (κ3) is 5.10. The predicted octanol–water partition coefficient (Wildman–Crippen LogP) is 2.88. The number of carbonyl (C=O) groups excluding carboxylic acids is 1. The van der Waals surface area contributed by atoms with Gasteiger partial charge in [-0.25, -0.2) is 9.67 Å². The minimum atomic E-state index is -0.261. The summed E-state index contributed by atoms with van der Waals surface area (Å²) >= 11 is 0. The van der Waals surface area contributed by atoms with Gasteiger partial charge in [0.05, 0.1) is 18.1 Å². The number of nitrogens with zero attached hydrogens (tertiary/aromatic N) is 4. The van der Waals surface area contributed by atoms with Crippen LogP contribution in [0.4, 0.5) is 0 Å². The van der Waals surface area contributed by atoms with Crippen molar-refractivity contribution < 1.29 is 4.79 Å². The Labute approximate surface area is 170 Å². The van der Waals surface area contributed by atoms with Crippen LogP contribution in [-0.2, 0) is 23.3 Å². The Morgan fingerprint density at radius 1 is 1.21 bits per heavy atom. The van der Waals surface area contributed by atoms with Crippen LogP contribution in [0, 0.1) is 0 Å². The first-order valence-electron chi connectivity index (χ1n) is 10.0. The first-order chi connectivity index (χ1) is 13.8.